The third-order valence-corrected chi connectivity index (χ3v) is 3.38. The van der Waals surface area contributed by atoms with Crippen LogP contribution in [-0.2, 0) is 10.6 Å². The van der Waals surface area contributed by atoms with E-state index >= 15 is 0 Å². The second kappa shape index (κ2) is 6.73. The Balaban J connectivity index is 2.04. The number of ether oxygens (including phenoxy) is 2. The maximum Gasteiger partial charge on any atom is 0.311 e. The molecular formula is C13H16ClNO4. The summed E-state index contributed by atoms with van der Waals surface area (Å²) in [7, 11) is 0. The lowest BCUT2D eigenvalue weighted by molar-refractivity contribution is -0.386. The van der Waals surface area contributed by atoms with Gasteiger partial charge in [0, 0.05) is 18.6 Å². The second-order valence-electron chi connectivity index (χ2n) is 4.49. The Kier molecular flexibility index (Phi) is 4.99. The normalized spacial score (nSPS) is 19.1. The molecule has 1 aliphatic rings. The SMILES string of the molecule is O=[N+]([O-])c1cc(CCl)ccc1OCC1CCCCO1. The van der Waals surface area contributed by atoms with Crippen LogP contribution in [-0.4, -0.2) is 24.2 Å². The van der Waals surface area contributed by atoms with Gasteiger partial charge in [-0.2, -0.15) is 0 Å². The van der Waals surface area contributed by atoms with Crippen LogP contribution in [0.15, 0.2) is 18.2 Å². The highest BCUT2D eigenvalue weighted by atomic mass is 35.5. The second-order valence-corrected chi connectivity index (χ2v) is 4.76. The van der Waals surface area contributed by atoms with Crippen LogP contribution in [0.5, 0.6) is 5.75 Å². The molecule has 6 heteroatoms. The molecule has 5 nitrogen and oxygen atoms in total. The number of nitrogens with zero attached hydrogens (tertiary/aromatic N) is 1. The zero-order valence-corrected chi connectivity index (χ0v) is 11.3. The van der Waals surface area contributed by atoms with E-state index in [4.69, 9.17) is 21.1 Å². The summed E-state index contributed by atoms with van der Waals surface area (Å²) in [4.78, 5) is 10.5. The summed E-state index contributed by atoms with van der Waals surface area (Å²) in [5, 5.41) is 11.0. The average molecular weight is 286 g/mol. The van der Waals surface area contributed by atoms with Gasteiger partial charge in [-0.3, -0.25) is 10.1 Å². The van der Waals surface area contributed by atoms with E-state index < -0.39 is 4.92 Å². The van der Waals surface area contributed by atoms with Gasteiger partial charge in [0.1, 0.15) is 6.61 Å². The van der Waals surface area contributed by atoms with Crippen molar-refractivity contribution in [2.24, 2.45) is 0 Å². The van der Waals surface area contributed by atoms with Crippen molar-refractivity contribution >= 4 is 17.3 Å². The molecule has 0 amide bonds. The average Bonchev–Trinajstić information content (AvgIpc) is 2.46. The number of halogens is 1. The molecule has 0 spiro atoms. The maximum absolute atomic E-state index is 11.0. The molecule has 0 N–H and O–H groups in total. The molecular weight excluding hydrogens is 270 g/mol. The summed E-state index contributed by atoms with van der Waals surface area (Å²) in [6, 6.07) is 4.78. The van der Waals surface area contributed by atoms with Crippen molar-refractivity contribution in [3.8, 4) is 5.75 Å². The number of rotatable bonds is 5. The van der Waals surface area contributed by atoms with Crippen molar-refractivity contribution in [1.29, 1.82) is 0 Å². The molecule has 0 radical (unpaired) electrons. The van der Waals surface area contributed by atoms with E-state index in [2.05, 4.69) is 0 Å². The van der Waals surface area contributed by atoms with Gasteiger partial charge in [-0.15, -0.1) is 11.6 Å². The van der Waals surface area contributed by atoms with Gasteiger partial charge in [0.15, 0.2) is 5.75 Å². The van der Waals surface area contributed by atoms with Crippen molar-refractivity contribution in [2.75, 3.05) is 13.2 Å². The van der Waals surface area contributed by atoms with Crippen molar-refractivity contribution in [2.45, 2.75) is 31.2 Å². The van der Waals surface area contributed by atoms with Gasteiger partial charge in [-0.05, 0) is 30.9 Å². The zero-order valence-electron chi connectivity index (χ0n) is 10.5. The minimum absolute atomic E-state index is 0.0288. The molecule has 0 aliphatic carbocycles. The van der Waals surface area contributed by atoms with E-state index in [-0.39, 0.29) is 23.4 Å². The topological polar surface area (TPSA) is 61.6 Å². The molecule has 0 aromatic heterocycles. The minimum atomic E-state index is -0.451. The van der Waals surface area contributed by atoms with E-state index in [0.717, 1.165) is 25.9 Å². The quantitative estimate of drug-likeness (QED) is 0.473. The lowest BCUT2D eigenvalue weighted by atomic mass is 10.1. The van der Waals surface area contributed by atoms with Crippen LogP contribution < -0.4 is 4.74 Å². The number of benzene rings is 1. The maximum atomic E-state index is 11.0. The molecule has 19 heavy (non-hydrogen) atoms. The van der Waals surface area contributed by atoms with Gasteiger partial charge >= 0.3 is 5.69 Å². The molecule has 1 aliphatic heterocycles. The fourth-order valence-electron chi connectivity index (χ4n) is 2.03. The van der Waals surface area contributed by atoms with Crippen LogP contribution in [0.25, 0.3) is 0 Å². The fraction of sp³-hybridized carbons (Fsp3) is 0.538. The standard InChI is InChI=1S/C13H16ClNO4/c14-8-10-4-5-13(12(7-10)15(16)17)19-9-11-3-1-2-6-18-11/h4-5,7,11H,1-3,6,8-9H2. The summed E-state index contributed by atoms with van der Waals surface area (Å²) in [6.07, 6.45) is 3.15. The van der Waals surface area contributed by atoms with E-state index in [1.54, 1.807) is 12.1 Å². The summed E-state index contributed by atoms with van der Waals surface area (Å²) in [5.41, 5.74) is 0.656. The van der Waals surface area contributed by atoms with Gasteiger partial charge in [-0.25, -0.2) is 0 Å². The molecule has 1 heterocycles. The Morgan fingerprint density at radius 1 is 1.47 bits per heavy atom. The Labute approximate surface area is 116 Å². The fourth-order valence-corrected chi connectivity index (χ4v) is 2.20. The first kappa shape index (κ1) is 14.1. The highest BCUT2D eigenvalue weighted by Crippen LogP contribution is 2.29. The Morgan fingerprint density at radius 3 is 2.95 bits per heavy atom. The van der Waals surface area contributed by atoms with Crippen LogP contribution >= 0.6 is 11.6 Å². The third kappa shape index (κ3) is 3.81. The van der Waals surface area contributed by atoms with Crippen molar-refractivity contribution in [1.82, 2.24) is 0 Å². The van der Waals surface area contributed by atoms with E-state index in [9.17, 15) is 10.1 Å². The Bertz CT molecular complexity index is 446. The number of hydrogen-bond donors (Lipinski definition) is 0. The highest BCUT2D eigenvalue weighted by Gasteiger charge is 2.19. The van der Waals surface area contributed by atoms with Crippen LogP contribution in [0.3, 0.4) is 0 Å². The van der Waals surface area contributed by atoms with Gasteiger partial charge in [0.25, 0.3) is 0 Å². The van der Waals surface area contributed by atoms with Gasteiger partial charge < -0.3 is 9.47 Å². The molecule has 0 saturated carbocycles. The molecule has 1 atom stereocenters. The van der Waals surface area contributed by atoms with Gasteiger partial charge in [0.05, 0.1) is 11.0 Å². The molecule has 1 aromatic carbocycles. The molecule has 1 fully saturated rings. The molecule has 104 valence electrons. The highest BCUT2D eigenvalue weighted by molar-refractivity contribution is 6.17. The van der Waals surface area contributed by atoms with E-state index in [1.165, 1.54) is 6.07 Å². The van der Waals surface area contributed by atoms with Crippen LogP contribution in [0.4, 0.5) is 5.69 Å². The lowest BCUT2D eigenvalue weighted by Gasteiger charge is -2.22. The van der Waals surface area contributed by atoms with Crippen LogP contribution in [0.1, 0.15) is 24.8 Å². The first-order valence-electron chi connectivity index (χ1n) is 6.28. The van der Waals surface area contributed by atoms with Gasteiger partial charge in [-0.1, -0.05) is 6.07 Å². The van der Waals surface area contributed by atoms with Crippen molar-refractivity contribution < 1.29 is 14.4 Å². The number of nitro groups is 1. The molecule has 1 saturated heterocycles. The Hall–Kier alpha value is -1.33. The van der Waals surface area contributed by atoms with Crippen molar-refractivity contribution in [3.63, 3.8) is 0 Å². The van der Waals surface area contributed by atoms with E-state index in [1.807, 2.05) is 0 Å². The first-order valence-corrected chi connectivity index (χ1v) is 6.82. The number of nitro benzene ring substituents is 1. The van der Waals surface area contributed by atoms with Crippen LogP contribution in [0, 0.1) is 10.1 Å². The largest absolute Gasteiger partial charge is 0.484 e. The predicted octanol–water partition coefficient (Wildman–Crippen LogP) is 3.28. The summed E-state index contributed by atoms with van der Waals surface area (Å²) >= 11 is 5.67. The Morgan fingerprint density at radius 2 is 2.32 bits per heavy atom. The zero-order chi connectivity index (χ0) is 13.7. The summed E-state index contributed by atoms with van der Waals surface area (Å²) < 4.78 is 11.1. The number of hydrogen-bond acceptors (Lipinski definition) is 4. The minimum Gasteiger partial charge on any atom is -0.484 e. The summed E-state index contributed by atoms with van der Waals surface area (Å²) in [6.45, 7) is 1.09. The monoisotopic (exact) mass is 285 g/mol. The van der Waals surface area contributed by atoms with Crippen LogP contribution in [0.2, 0.25) is 0 Å². The molecule has 1 aromatic rings. The van der Waals surface area contributed by atoms with E-state index in [0.29, 0.717) is 12.2 Å². The molecule has 0 bridgehead atoms. The predicted molar refractivity (Wildman–Crippen MR) is 71.7 cm³/mol. The first-order chi connectivity index (χ1) is 9.20. The molecule has 2 rings (SSSR count). The smallest absolute Gasteiger partial charge is 0.311 e. The van der Waals surface area contributed by atoms with Crippen molar-refractivity contribution in [3.05, 3.63) is 33.9 Å². The summed E-state index contributed by atoms with van der Waals surface area (Å²) in [5.74, 6) is 0.514. The lowest BCUT2D eigenvalue weighted by Crippen LogP contribution is -2.25. The number of alkyl halides is 1. The van der Waals surface area contributed by atoms with Gasteiger partial charge in [0.2, 0.25) is 0 Å². The molecule has 1 unspecified atom stereocenters. The third-order valence-electron chi connectivity index (χ3n) is 3.07.